The maximum Gasteiger partial charge on any atom is 0.180 e. The highest BCUT2D eigenvalue weighted by atomic mass is 32.1. The van der Waals surface area contributed by atoms with Crippen molar-refractivity contribution in [1.29, 1.82) is 0 Å². The summed E-state index contributed by atoms with van der Waals surface area (Å²) in [6.07, 6.45) is 3.77. The van der Waals surface area contributed by atoms with Gasteiger partial charge in [0.1, 0.15) is 0 Å². The summed E-state index contributed by atoms with van der Waals surface area (Å²) in [6.45, 7) is 3.67. The second-order valence-corrected chi connectivity index (χ2v) is 4.37. The van der Waals surface area contributed by atoms with Crippen LogP contribution >= 0.6 is 11.3 Å². The summed E-state index contributed by atoms with van der Waals surface area (Å²) in [4.78, 5) is 6.74. The largest absolute Gasteiger partial charge is 0.375 e. The summed E-state index contributed by atoms with van der Waals surface area (Å²) in [7, 11) is 0. The predicted molar refractivity (Wildman–Crippen MR) is 55.9 cm³/mol. The first-order valence-corrected chi connectivity index (χ1v) is 5.65. The summed E-state index contributed by atoms with van der Waals surface area (Å²) in [6, 6.07) is 0. The zero-order valence-electron chi connectivity index (χ0n) is 7.70. The molecular formula is C9H15N3S. The molecule has 1 aliphatic heterocycles. The fourth-order valence-corrected chi connectivity index (χ4v) is 2.31. The molecule has 3 nitrogen and oxygen atoms in total. The number of nitrogens with two attached hydrogens (primary N) is 1. The van der Waals surface area contributed by atoms with Crippen LogP contribution in [0.1, 0.15) is 18.5 Å². The van der Waals surface area contributed by atoms with Gasteiger partial charge < -0.3 is 10.6 Å². The van der Waals surface area contributed by atoms with Crippen LogP contribution in [0.5, 0.6) is 0 Å². The number of rotatable bonds is 3. The highest BCUT2D eigenvalue weighted by Gasteiger charge is 2.11. The van der Waals surface area contributed by atoms with Crippen LogP contribution in [0.2, 0.25) is 0 Å². The average Bonchev–Trinajstić information content (AvgIpc) is 2.71. The molecule has 13 heavy (non-hydrogen) atoms. The molecule has 1 fully saturated rings. The molecule has 0 aliphatic carbocycles. The van der Waals surface area contributed by atoms with E-state index >= 15 is 0 Å². The first kappa shape index (κ1) is 8.97. The van der Waals surface area contributed by atoms with E-state index in [0.717, 1.165) is 18.7 Å². The lowest BCUT2D eigenvalue weighted by molar-refractivity contribution is 0.342. The molecular weight excluding hydrogens is 182 g/mol. The molecule has 1 aromatic heterocycles. The molecule has 0 atom stereocenters. The maximum absolute atomic E-state index is 5.56. The molecule has 0 bridgehead atoms. The van der Waals surface area contributed by atoms with Gasteiger partial charge in [0.25, 0.3) is 0 Å². The van der Waals surface area contributed by atoms with Crippen molar-refractivity contribution >= 4 is 16.5 Å². The van der Waals surface area contributed by atoms with Gasteiger partial charge in [0.2, 0.25) is 0 Å². The molecule has 1 saturated heterocycles. The van der Waals surface area contributed by atoms with Crippen molar-refractivity contribution in [3.8, 4) is 0 Å². The van der Waals surface area contributed by atoms with E-state index in [0.29, 0.717) is 5.13 Å². The molecule has 1 aromatic rings. The summed E-state index contributed by atoms with van der Waals surface area (Å²) >= 11 is 1.54. The van der Waals surface area contributed by atoms with Gasteiger partial charge in [-0.25, -0.2) is 4.98 Å². The summed E-state index contributed by atoms with van der Waals surface area (Å²) in [5, 5.41) is 2.75. The van der Waals surface area contributed by atoms with E-state index in [9.17, 15) is 0 Å². The Morgan fingerprint density at radius 1 is 1.46 bits per heavy atom. The quantitative estimate of drug-likeness (QED) is 0.795. The number of nitrogens with zero attached hydrogens (tertiary/aromatic N) is 2. The Kier molecular flexibility index (Phi) is 2.80. The van der Waals surface area contributed by atoms with E-state index in [-0.39, 0.29) is 0 Å². The monoisotopic (exact) mass is 197 g/mol. The SMILES string of the molecule is Nc1nc(CCN2CCCC2)cs1. The number of hydrogen-bond acceptors (Lipinski definition) is 4. The average molecular weight is 197 g/mol. The molecule has 0 amide bonds. The van der Waals surface area contributed by atoms with Gasteiger partial charge in [-0.15, -0.1) is 11.3 Å². The fourth-order valence-electron chi connectivity index (χ4n) is 1.72. The molecule has 2 N–H and O–H groups in total. The molecule has 1 aliphatic rings. The van der Waals surface area contributed by atoms with Gasteiger partial charge in [0.05, 0.1) is 5.69 Å². The van der Waals surface area contributed by atoms with Gasteiger partial charge in [0.15, 0.2) is 5.13 Å². The third kappa shape index (κ3) is 2.42. The van der Waals surface area contributed by atoms with Crippen LogP contribution in [0.15, 0.2) is 5.38 Å². The van der Waals surface area contributed by atoms with Crippen molar-refractivity contribution in [2.75, 3.05) is 25.4 Å². The van der Waals surface area contributed by atoms with Crippen molar-refractivity contribution in [3.63, 3.8) is 0 Å². The lowest BCUT2D eigenvalue weighted by Crippen LogP contribution is -2.21. The minimum absolute atomic E-state index is 0.691. The van der Waals surface area contributed by atoms with Crippen LogP contribution < -0.4 is 5.73 Å². The summed E-state index contributed by atoms with van der Waals surface area (Å²) in [5.74, 6) is 0. The van der Waals surface area contributed by atoms with Gasteiger partial charge >= 0.3 is 0 Å². The van der Waals surface area contributed by atoms with E-state index in [4.69, 9.17) is 5.73 Å². The fraction of sp³-hybridized carbons (Fsp3) is 0.667. The minimum Gasteiger partial charge on any atom is -0.375 e. The van der Waals surface area contributed by atoms with Crippen LogP contribution in [0.3, 0.4) is 0 Å². The first-order chi connectivity index (χ1) is 6.34. The third-order valence-electron chi connectivity index (χ3n) is 2.45. The molecule has 0 unspecified atom stereocenters. The summed E-state index contributed by atoms with van der Waals surface area (Å²) < 4.78 is 0. The molecule has 2 heterocycles. The Morgan fingerprint density at radius 3 is 2.85 bits per heavy atom. The highest BCUT2D eigenvalue weighted by molar-refractivity contribution is 7.13. The van der Waals surface area contributed by atoms with Gasteiger partial charge in [-0.3, -0.25) is 0 Å². The Labute approximate surface area is 82.6 Å². The van der Waals surface area contributed by atoms with Gasteiger partial charge in [-0.1, -0.05) is 0 Å². The van der Waals surface area contributed by atoms with E-state index in [2.05, 4.69) is 15.3 Å². The topological polar surface area (TPSA) is 42.1 Å². The van der Waals surface area contributed by atoms with E-state index in [1.165, 1.54) is 37.3 Å². The number of aromatic nitrogens is 1. The Bertz CT molecular complexity index is 266. The standard InChI is InChI=1S/C9H15N3S/c10-9-11-8(7-13-9)3-6-12-4-1-2-5-12/h7H,1-6H2,(H2,10,11). The van der Waals surface area contributed by atoms with Crippen molar-refractivity contribution < 1.29 is 0 Å². The Balaban J connectivity index is 1.78. The van der Waals surface area contributed by atoms with Crippen molar-refractivity contribution in [2.45, 2.75) is 19.3 Å². The van der Waals surface area contributed by atoms with Crippen LogP contribution in [-0.2, 0) is 6.42 Å². The van der Waals surface area contributed by atoms with Crippen LogP contribution in [0, 0.1) is 0 Å². The molecule has 0 radical (unpaired) electrons. The zero-order valence-corrected chi connectivity index (χ0v) is 8.52. The van der Waals surface area contributed by atoms with Crippen LogP contribution in [0.25, 0.3) is 0 Å². The highest BCUT2D eigenvalue weighted by Crippen LogP contribution is 2.13. The van der Waals surface area contributed by atoms with E-state index in [1.54, 1.807) is 0 Å². The van der Waals surface area contributed by atoms with Crippen molar-refractivity contribution in [2.24, 2.45) is 0 Å². The molecule has 72 valence electrons. The smallest absolute Gasteiger partial charge is 0.180 e. The predicted octanol–water partition coefficient (Wildman–Crippen LogP) is 1.36. The number of anilines is 1. The number of likely N-dealkylation sites (tertiary alicyclic amines) is 1. The van der Waals surface area contributed by atoms with Gasteiger partial charge in [0, 0.05) is 18.3 Å². The van der Waals surface area contributed by atoms with Crippen LogP contribution in [-0.4, -0.2) is 29.5 Å². The normalized spacial score (nSPS) is 18.2. The van der Waals surface area contributed by atoms with Gasteiger partial charge in [-0.05, 0) is 25.9 Å². The third-order valence-corrected chi connectivity index (χ3v) is 3.18. The summed E-state index contributed by atoms with van der Waals surface area (Å²) in [5.41, 5.74) is 6.70. The lowest BCUT2D eigenvalue weighted by Gasteiger charge is -2.12. The molecule has 4 heteroatoms. The number of hydrogen-bond donors (Lipinski definition) is 1. The van der Waals surface area contributed by atoms with Crippen LogP contribution in [0.4, 0.5) is 5.13 Å². The Hall–Kier alpha value is -0.610. The maximum atomic E-state index is 5.56. The Morgan fingerprint density at radius 2 is 2.23 bits per heavy atom. The van der Waals surface area contributed by atoms with E-state index in [1.807, 2.05) is 0 Å². The minimum atomic E-state index is 0.691. The molecule has 0 spiro atoms. The number of thiazole rings is 1. The second kappa shape index (κ2) is 4.07. The number of nitrogen functional groups attached to an aromatic ring is 1. The lowest BCUT2D eigenvalue weighted by atomic mass is 10.3. The molecule has 0 saturated carbocycles. The van der Waals surface area contributed by atoms with Gasteiger partial charge in [-0.2, -0.15) is 0 Å². The molecule has 2 rings (SSSR count). The second-order valence-electron chi connectivity index (χ2n) is 3.48. The van der Waals surface area contributed by atoms with Crippen molar-refractivity contribution in [3.05, 3.63) is 11.1 Å². The zero-order chi connectivity index (χ0) is 9.10. The van der Waals surface area contributed by atoms with Crippen molar-refractivity contribution in [1.82, 2.24) is 9.88 Å². The first-order valence-electron chi connectivity index (χ1n) is 4.77. The van der Waals surface area contributed by atoms with E-state index < -0.39 is 0 Å². The molecule has 0 aromatic carbocycles.